The number of aromatic nitrogens is 3. The van der Waals surface area contributed by atoms with Crippen molar-refractivity contribution in [2.24, 2.45) is 17.8 Å². The fraction of sp³-hybridized carbons (Fsp3) is 0.516. The Morgan fingerprint density at radius 2 is 1.74 bits per heavy atom. The first kappa shape index (κ1) is 29.5. The van der Waals surface area contributed by atoms with Gasteiger partial charge in [-0.2, -0.15) is 5.10 Å². The van der Waals surface area contributed by atoms with Gasteiger partial charge in [0, 0.05) is 17.2 Å². The van der Waals surface area contributed by atoms with Crippen LogP contribution in [0.25, 0.3) is 22.7 Å². The van der Waals surface area contributed by atoms with Crippen LogP contribution in [0.4, 0.5) is 0 Å². The molecule has 0 bridgehead atoms. The fourth-order valence-electron chi connectivity index (χ4n) is 5.15. The zero-order valence-corrected chi connectivity index (χ0v) is 24.7. The standard InChI is InChI=1S/C31H39N5O6/c1-17(2)25(30(39)41-5)33-28(38)24-15-32-29(42-24)21-8-6-7-20(13-21)22-14-23(36(35-22)16-31(3,4)40)27(37)34-26(18-9-10-18)19-11-12-19/h6-8,13-15,17-19,25-26,40H,9-12,16H2,1-5H3,(H,33,38)(H,34,37)/t25-/m0/s1. The van der Waals surface area contributed by atoms with Gasteiger partial charge in [-0.3, -0.25) is 14.3 Å². The number of carbonyl (C=O) groups is 3. The van der Waals surface area contributed by atoms with Crippen molar-refractivity contribution in [3.05, 3.63) is 48.0 Å². The molecule has 11 nitrogen and oxygen atoms in total. The predicted octanol–water partition coefficient (Wildman–Crippen LogP) is 3.82. The molecule has 3 N–H and O–H groups in total. The van der Waals surface area contributed by atoms with Gasteiger partial charge in [-0.05, 0) is 75.5 Å². The topological polar surface area (TPSA) is 149 Å². The maximum atomic E-state index is 13.5. The van der Waals surface area contributed by atoms with E-state index in [9.17, 15) is 19.5 Å². The summed E-state index contributed by atoms with van der Waals surface area (Å²) in [7, 11) is 1.27. The Morgan fingerprint density at radius 1 is 1.07 bits per heavy atom. The number of oxazole rings is 1. The largest absolute Gasteiger partial charge is 0.467 e. The molecule has 11 heteroatoms. The maximum Gasteiger partial charge on any atom is 0.328 e. The van der Waals surface area contributed by atoms with E-state index >= 15 is 0 Å². The van der Waals surface area contributed by atoms with Crippen molar-refractivity contribution >= 4 is 17.8 Å². The number of rotatable bonds is 12. The molecule has 2 heterocycles. The van der Waals surface area contributed by atoms with E-state index in [1.165, 1.54) is 13.3 Å². The van der Waals surface area contributed by atoms with Crippen LogP contribution < -0.4 is 10.6 Å². The van der Waals surface area contributed by atoms with Crippen molar-refractivity contribution in [2.45, 2.75) is 77.6 Å². The van der Waals surface area contributed by atoms with Gasteiger partial charge < -0.3 is 24.9 Å². The third-order valence-electron chi connectivity index (χ3n) is 7.65. The minimum atomic E-state index is -1.08. The van der Waals surface area contributed by atoms with Crippen LogP contribution in [0.2, 0.25) is 0 Å². The van der Waals surface area contributed by atoms with Crippen molar-refractivity contribution in [1.29, 1.82) is 0 Å². The molecular formula is C31H39N5O6. The summed E-state index contributed by atoms with van der Waals surface area (Å²) in [5.41, 5.74) is 1.19. The normalized spacial score (nSPS) is 16.0. The summed E-state index contributed by atoms with van der Waals surface area (Å²) in [5, 5.41) is 21.1. The van der Waals surface area contributed by atoms with Crippen LogP contribution in [-0.2, 0) is 16.1 Å². The lowest BCUT2D eigenvalue weighted by Gasteiger charge is -2.20. The minimum absolute atomic E-state index is 0.0424. The Labute approximate surface area is 245 Å². The second kappa shape index (κ2) is 11.7. The molecule has 1 aromatic carbocycles. The molecule has 5 rings (SSSR count). The van der Waals surface area contributed by atoms with Gasteiger partial charge in [0.25, 0.3) is 11.8 Å². The summed E-state index contributed by atoms with van der Waals surface area (Å²) >= 11 is 0. The molecule has 42 heavy (non-hydrogen) atoms. The zero-order chi connectivity index (χ0) is 30.2. The smallest absolute Gasteiger partial charge is 0.328 e. The van der Waals surface area contributed by atoms with Crippen LogP contribution in [0.3, 0.4) is 0 Å². The van der Waals surface area contributed by atoms with Gasteiger partial charge in [-0.25, -0.2) is 9.78 Å². The predicted molar refractivity (Wildman–Crippen MR) is 154 cm³/mol. The van der Waals surface area contributed by atoms with Crippen molar-refractivity contribution < 1.29 is 28.6 Å². The van der Waals surface area contributed by atoms with Crippen molar-refractivity contribution in [3.63, 3.8) is 0 Å². The molecule has 3 aromatic rings. The van der Waals surface area contributed by atoms with Gasteiger partial charge in [0.15, 0.2) is 0 Å². The highest BCUT2D eigenvalue weighted by molar-refractivity contribution is 5.95. The lowest BCUT2D eigenvalue weighted by molar-refractivity contribution is -0.144. The number of hydrogen-bond acceptors (Lipinski definition) is 8. The molecule has 0 saturated heterocycles. The molecule has 2 aromatic heterocycles. The summed E-state index contributed by atoms with van der Waals surface area (Å²) in [4.78, 5) is 42.6. The van der Waals surface area contributed by atoms with Crippen LogP contribution in [0.1, 0.15) is 74.4 Å². The van der Waals surface area contributed by atoms with E-state index in [-0.39, 0.29) is 36.1 Å². The maximum absolute atomic E-state index is 13.5. The van der Waals surface area contributed by atoms with E-state index in [1.807, 2.05) is 18.2 Å². The molecule has 1 atom stereocenters. The van der Waals surface area contributed by atoms with E-state index in [0.29, 0.717) is 34.4 Å². The van der Waals surface area contributed by atoms with E-state index in [2.05, 4.69) is 15.6 Å². The van der Waals surface area contributed by atoms with Crippen molar-refractivity contribution in [2.75, 3.05) is 7.11 Å². The van der Waals surface area contributed by atoms with Crippen LogP contribution in [0, 0.1) is 17.8 Å². The summed E-state index contributed by atoms with van der Waals surface area (Å²) < 4.78 is 12.1. The number of nitrogens with zero attached hydrogens (tertiary/aromatic N) is 3. The van der Waals surface area contributed by atoms with E-state index < -0.39 is 23.5 Å². The number of nitrogens with one attached hydrogen (secondary N) is 2. The molecule has 224 valence electrons. The van der Waals surface area contributed by atoms with E-state index in [1.54, 1.807) is 44.5 Å². The van der Waals surface area contributed by atoms with Crippen molar-refractivity contribution in [1.82, 2.24) is 25.4 Å². The molecule has 0 radical (unpaired) electrons. The monoisotopic (exact) mass is 577 g/mol. The summed E-state index contributed by atoms with van der Waals surface area (Å²) in [5.74, 6) is -0.222. The van der Waals surface area contributed by atoms with Gasteiger partial charge in [0.1, 0.15) is 11.7 Å². The van der Waals surface area contributed by atoms with Gasteiger partial charge in [-0.1, -0.05) is 26.0 Å². The van der Waals surface area contributed by atoms with Crippen molar-refractivity contribution in [3.8, 4) is 22.7 Å². The third kappa shape index (κ3) is 6.89. The third-order valence-corrected chi connectivity index (χ3v) is 7.65. The van der Waals surface area contributed by atoms with Crippen LogP contribution >= 0.6 is 0 Å². The number of aliphatic hydroxyl groups is 1. The Morgan fingerprint density at radius 3 is 2.33 bits per heavy atom. The Hall–Kier alpha value is -3.99. The number of benzene rings is 1. The summed E-state index contributed by atoms with van der Waals surface area (Å²) in [6.07, 6.45) is 5.90. The number of hydrogen-bond donors (Lipinski definition) is 3. The number of carbonyl (C=O) groups excluding carboxylic acids is 3. The highest BCUT2D eigenvalue weighted by Crippen LogP contribution is 2.44. The summed E-state index contributed by atoms with van der Waals surface area (Å²) in [6, 6.07) is 8.38. The minimum Gasteiger partial charge on any atom is -0.467 e. The fourth-order valence-corrected chi connectivity index (χ4v) is 5.15. The average molecular weight is 578 g/mol. The van der Waals surface area contributed by atoms with Gasteiger partial charge in [0.05, 0.1) is 31.1 Å². The SMILES string of the molecule is COC(=O)[C@@H](NC(=O)c1cnc(-c2cccc(-c3cc(C(=O)NC(C4CC4)C4CC4)n(CC(C)(C)O)n3)c2)o1)C(C)C. The first-order valence-corrected chi connectivity index (χ1v) is 14.5. The molecule has 0 spiro atoms. The first-order valence-electron chi connectivity index (χ1n) is 14.5. The molecule has 2 aliphatic carbocycles. The van der Waals surface area contributed by atoms with Crippen LogP contribution in [0.15, 0.2) is 40.9 Å². The molecule has 2 amide bonds. The van der Waals surface area contributed by atoms with E-state index in [0.717, 1.165) is 25.7 Å². The summed E-state index contributed by atoms with van der Waals surface area (Å²) in [6.45, 7) is 7.11. The van der Waals surface area contributed by atoms with Crippen LogP contribution in [-0.4, -0.2) is 62.4 Å². The molecule has 2 aliphatic rings. The average Bonchev–Trinajstić information content (AvgIpc) is 3.87. The molecule has 2 saturated carbocycles. The number of ether oxygens (including phenoxy) is 1. The molecule has 0 aliphatic heterocycles. The second-order valence-corrected chi connectivity index (χ2v) is 12.4. The number of methoxy groups -OCH3 is 1. The quantitative estimate of drug-likeness (QED) is 0.275. The Bertz CT molecular complexity index is 1450. The highest BCUT2D eigenvalue weighted by Gasteiger charge is 2.42. The Kier molecular flexibility index (Phi) is 8.23. The highest BCUT2D eigenvalue weighted by atomic mass is 16.5. The van der Waals surface area contributed by atoms with E-state index in [4.69, 9.17) is 14.3 Å². The lowest BCUT2D eigenvalue weighted by atomic mass is 10.0. The Balaban J connectivity index is 1.38. The molecule has 2 fully saturated rings. The number of amides is 2. The lowest BCUT2D eigenvalue weighted by Crippen LogP contribution is -2.44. The van der Waals surface area contributed by atoms with Crippen LogP contribution in [0.5, 0.6) is 0 Å². The molecule has 0 unspecified atom stereocenters. The first-order chi connectivity index (χ1) is 19.9. The van der Waals surface area contributed by atoms with Gasteiger partial charge in [0.2, 0.25) is 11.7 Å². The number of esters is 1. The zero-order valence-electron chi connectivity index (χ0n) is 24.7. The second-order valence-electron chi connectivity index (χ2n) is 12.4. The van der Waals surface area contributed by atoms with Gasteiger partial charge >= 0.3 is 5.97 Å². The van der Waals surface area contributed by atoms with Gasteiger partial charge in [-0.15, -0.1) is 0 Å². The molecular weight excluding hydrogens is 538 g/mol.